The van der Waals surface area contributed by atoms with Gasteiger partial charge in [0.15, 0.2) is 16.9 Å². The van der Waals surface area contributed by atoms with Gasteiger partial charge in [0.05, 0.1) is 14.2 Å². The van der Waals surface area contributed by atoms with E-state index < -0.39 is 5.97 Å². The molecule has 10 heteroatoms. The molecule has 0 saturated carbocycles. The first kappa shape index (κ1) is 23.7. The van der Waals surface area contributed by atoms with Crippen molar-refractivity contribution in [1.29, 1.82) is 0 Å². The smallest absolute Gasteiger partial charge is 0.342 e. The van der Waals surface area contributed by atoms with E-state index in [0.29, 0.717) is 34.8 Å². The normalized spacial score (nSPS) is 14.3. The molecule has 1 saturated heterocycles. The Labute approximate surface area is 202 Å². The minimum absolute atomic E-state index is 0.0939. The number of furan rings is 1. The van der Waals surface area contributed by atoms with Gasteiger partial charge in [-0.2, -0.15) is 0 Å². The van der Waals surface area contributed by atoms with Gasteiger partial charge in [-0.25, -0.2) is 4.79 Å². The van der Waals surface area contributed by atoms with E-state index in [4.69, 9.17) is 13.9 Å². The van der Waals surface area contributed by atoms with E-state index in [9.17, 15) is 9.90 Å². The SMILES string of the molecule is CCn1c(S/C(=C\c2ccc(N3CCCCC3)o2)C(=O)O)nnc1-c1cc(OC)cc(OC)c1. The second kappa shape index (κ2) is 10.7. The zero-order chi connectivity index (χ0) is 24.1. The van der Waals surface area contributed by atoms with Gasteiger partial charge < -0.3 is 28.5 Å². The highest BCUT2D eigenvalue weighted by Crippen LogP contribution is 2.34. The third-order valence-electron chi connectivity index (χ3n) is 5.61. The van der Waals surface area contributed by atoms with Crippen molar-refractivity contribution in [2.24, 2.45) is 0 Å². The van der Waals surface area contributed by atoms with Crippen LogP contribution in [0.3, 0.4) is 0 Å². The molecule has 0 amide bonds. The van der Waals surface area contributed by atoms with Crippen LogP contribution in [-0.4, -0.2) is 53.1 Å². The maximum absolute atomic E-state index is 12.0. The Morgan fingerprint density at radius 2 is 1.82 bits per heavy atom. The summed E-state index contributed by atoms with van der Waals surface area (Å²) in [5, 5.41) is 18.9. The zero-order valence-electron chi connectivity index (χ0n) is 19.5. The minimum atomic E-state index is -1.06. The summed E-state index contributed by atoms with van der Waals surface area (Å²) in [5.74, 6) is 2.05. The first-order valence-corrected chi connectivity index (χ1v) is 12.0. The molecule has 0 unspecified atom stereocenters. The largest absolute Gasteiger partial charge is 0.497 e. The molecule has 3 aromatic rings. The number of carboxylic acid groups (broad SMARTS) is 1. The average molecular weight is 485 g/mol. The first-order valence-electron chi connectivity index (χ1n) is 11.2. The monoisotopic (exact) mass is 484 g/mol. The van der Waals surface area contributed by atoms with E-state index in [-0.39, 0.29) is 4.91 Å². The third kappa shape index (κ3) is 5.22. The number of benzene rings is 1. The van der Waals surface area contributed by atoms with Gasteiger partial charge in [0, 0.05) is 43.4 Å². The number of aromatic nitrogens is 3. The lowest BCUT2D eigenvalue weighted by molar-refractivity contribution is -0.131. The molecular weight excluding hydrogens is 456 g/mol. The molecule has 1 aromatic carbocycles. The van der Waals surface area contributed by atoms with Gasteiger partial charge in [-0.15, -0.1) is 10.2 Å². The highest BCUT2D eigenvalue weighted by molar-refractivity contribution is 8.04. The Bertz CT molecular complexity index is 1160. The Kier molecular flexibility index (Phi) is 7.46. The predicted octanol–water partition coefficient (Wildman–Crippen LogP) is 4.78. The van der Waals surface area contributed by atoms with Gasteiger partial charge >= 0.3 is 5.97 Å². The van der Waals surface area contributed by atoms with Gasteiger partial charge in [0.1, 0.15) is 22.2 Å². The summed E-state index contributed by atoms with van der Waals surface area (Å²) >= 11 is 1.04. The lowest BCUT2D eigenvalue weighted by Crippen LogP contribution is -2.28. The Morgan fingerprint density at radius 1 is 1.12 bits per heavy atom. The fraction of sp³-hybridized carbons (Fsp3) is 0.375. The molecule has 1 fully saturated rings. The Hall–Kier alpha value is -3.40. The molecule has 1 aliphatic heterocycles. The van der Waals surface area contributed by atoms with Crippen molar-refractivity contribution >= 4 is 29.7 Å². The highest BCUT2D eigenvalue weighted by atomic mass is 32.2. The molecule has 3 heterocycles. The molecule has 0 atom stereocenters. The van der Waals surface area contributed by atoms with Crippen molar-refractivity contribution < 1.29 is 23.8 Å². The van der Waals surface area contributed by atoms with Crippen LogP contribution < -0.4 is 14.4 Å². The van der Waals surface area contributed by atoms with Gasteiger partial charge in [-0.1, -0.05) is 0 Å². The van der Waals surface area contributed by atoms with Crippen molar-refractivity contribution in [3.63, 3.8) is 0 Å². The number of rotatable bonds is 9. The van der Waals surface area contributed by atoms with E-state index in [0.717, 1.165) is 49.1 Å². The molecule has 34 heavy (non-hydrogen) atoms. The van der Waals surface area contributed by atoms with Crippen LogP contribution in [0.15, 0.2) is 44.8 Å². The molecule has 2 aromatic heterocycles. The molecule has 0 spiro atoms. The van der Waals surface area contributed by atoms with Gasteiger partial charge in [0.25, 0.3) is 0 Å². The summed E-state index contributed by atoms with van der Waals surface area (Å²) in [6, 6.07) is 9.15. The van der Waals surface area contributed by atoms with Gasteiger partial charge in [-0.3, -0.25) is 0 Å². The van der Waals surface area contributed by atoms with E-state index in [2.05, 4.69) is 15.1 Å². The van der Waals surface area contributed by atoms with Crippen LogP contribution in [0.1, 0.15) is 31.9 Å². The van der Waals surface area contributed by atoms with Crippen LogP contribution in [0.25, 0.3) is 17.5 Å². The number of aliphatic carboxylic acids is 1. The number of anilines is 1. The fourth-order valence-electron chi connectivity index (χ4n) is 3.87. The maximum Gasteiger partial charge on any atom is 0.342 e. The lowest BCUT2D eigenvalue weighted by atomic mass is 10.1. The number of thioether (sulfide) groups is 1. The third-order valence-corrected chi connectivity index (χ3v) is 6.61. The number of piperidine rings is 1. The fourth-order valence-corrected chi connectivity index (χ4v) is 4.73. The second-order valence-electron chi connectivity index (χ2n) is 7.79. The number of nitrogens with zero attached hydrogens (tertiary/aromatic N) is 4. The lowest BCUT2D eigenvalue weighted by Gasteiger charge is -2.25. The van der Waals surface area contributed by atoms with Gasteiger partial charge in [0.2, 0.25) is 0 Å². The van der Waals surface area contributed by atoms with Crippen molar-refractivity contribution in [3.8, 4) is 22.9 Å². The number of carbonyl (C=O) groups is 1. The summed E-state index contributed by atoms with van der Waals surface area (Å²) in [7, 11) is 3.17. The van der Waals surface area contributed by atoms with Crippen LogP contribution in [0, 0.1) is 0 Å². The molecule has 180 valence electrons. The number of methoxy groups -OCH3 is 2. The van der Waals surface area contributed by atoms with Crippen LogP contribution in [-0.2, 0) is 11.3 Å². The molecule has 0 radical (unpaired) electrons. The van der Waals surface area contributed by atoms with Crippen LogP contribution in [0.4, 0.5) is 5.88 Å². The topological polar surface area (TPSA) is 103 Å². The number of hydrogen-bond donors (Lipinski definition) is 1. The van der Waals surface area contributed by atoms with Crippen LogP contribution in [0.2, 0.25) is 0 Å². The average Bonchev–Trinajstić information content (AvgIpc) is 3.50. The number of carboxylic acids is 1. The summed E-state index contributed by atoms with van der Waals surface area (Å²) in [6.45, 7) is 4.41. The van der Waals surface area contributed by atoms with E-state index in [1.165, 1.54) is 12.5 Å². The summed E-state index contributed by atoms with van der Waals surface area (Å²) in [5.41, 5.74) is 0.760. The number of ether oxygens (including phenoxy) is 2. The highest BCUT2D eigenvalue weighted by Gasteiger charge is 2.20. The maximum atomic E-state index is 12.0. The Morgan fingerprint density at radius 3 is 2.44 bits per heavy atom. The molecular formula is C24H28N4O5S. The van der Waals surface area contributed by atoms with E-state index in [1.807, 2.05) is 29.7 Å². The van der Waals surface area contributed by atoms with Gasteiger partial charge in [-0.05, 0) is 56.1 Å². The summed E-state index contributed by atoms with van der Waals surface area (Å²) < 4.78 is 18.5. The van der Waals surface area contributed by atoms with Crippen molar-refractivity contribution in [1.82, 2.24) is 14.8 Å². The van der Waals surface area contributed by atoms with Crippen molar-refractivity contribution in [2.75, 3.05) is 32.2 Å². The number of hydrogen-bond acceptors (Lipinski definition) is 8. The second-order valence-corrected chi connectivity index (χ2v) is 8.80. The van der Waals surface area contributed by atoms with Crippen molar-refractivity contribution in [3.05, 3.63) is 41.0 Å². The standard InChI is InChI=1S/C24H28N4O5S/c1-4-28-22(16-12-18(31-2)14-19(13-16)32-3)25-26-24(28)34-20(23(29)30)15-17-8-9-21(33-17)27-10-6-5-7-11-27/h8-9,12-15H,4-7,10-11H2,1-3H3,(H,29,30)/b20-15-. The first-order chi connectivity index (χ1) is 16.5. The summed E-state index contributed by atoms with van der Waals surface area (Å²) in [6.07, 6.45) is 5.03. The zero-order valence-corrected chi connectivity index (χ0v) is 20.3. The van der Waals surface area contributed by atoms with Crippen molar-refractivity contribution in [2.45, 2.75) is 37.9 Å². The molecule has 4 rings (SSSR count). The van der Waals surface area contributed by atoms with E-state index in [1.54, 1.807) is 26.4 Å². The molecule has 0 bridgehead atoms. The molecule has 1 N–H and O–H groups in total. The molecule has 9 nitrogen and oxygen atoms in total. The predicted molar refractivity (Wildman–Crippen MR) is 130 cm³/mol. The molecule has 1 aliphatic rings. The minimum Gasteiger partial charge on any atom is -0.497 e. The Balaban J connectivity index is 1.61. The summed E-state index contributed by atoms with van der Waals surface area (Å²) in [4.78, 5) is 14.3. The van der Waals surface area contributed by atoms with E-state index >= 15 is 0 Å². The van der Waals surface area contributed by atoms with Crippen LogP contribution >= 0.6 is 11.8 Å². The van der Waals surface area contributed by atoms with Crippen LogP contribution in [0.5, 0.6) is 11.5 Å². The quantitative estimate of drug-likeness (QED) is 0.339. The molecule has 0 aliphatic carbocycles.